The number of hydrogen-bond donors (Lipinski definition) is 0. The number of pyridine rings is 1. The Balaban J connectivity index is 0.000000244. The average molecular weight is 993 g/mol. The maximum atomic E-state index is 15.4. The van der Waals surface area contributed by atoms with Gasteiger partial charge in [0.25, 0.3) is 0 Å². The van der Waals surface area contributed by atoms with Crippen LogP contribution in [-0.2, 0) is 6.54 Å². The molecule has 0 saturated heterocycles. The van der Waals surface area contributed by atoms with Crippen molar-refractivity contribution in [2.75, 3.05) is 0 Å². The lowest BCUT2D eigenvalue weighted by atomic mass is 9.12. The van der Waals surface area contributed by atoms with E-state index in [-0.39, 0.29) is 5.82 Å². The predicted molar refractivity (Wildman–Crippen MR) is 204 cm³/mol. The van der Waals surface area contributed by atoms with Crippen molar-refractivity contribution in [2.45, 2.75) is 6.54 Å². The summed E-state index contributed by atoms with van der Waals surface area (Å²) in [7, 11) is 0. The van der Waals surface area contributed by atoms with Gasteiger partial charge in [-0.1, -0.05) is 60.7 Å². The van der Waals surface area contributed by atoms with Gasteiger partial charge in [-0.3, -0.25) is 0 Å². The summed E-state index contributed by atoms with van der Waals surface area (Å²) >= 11 is 0. The van der Waals surface area contributed by atoms with Crippen molar-refractivity contribution in [3.8, 4) is 11.3 Å². The van der Waals surface area contributed by atoms with E-state index in [0.29, 0.717) is 12.1 Å². The maximum absolute atomic E-state index is 15.4. The Kier molecular flexibility index (Phi) is 13.3. The van der Waals surface area contributed by atoms with E-state index in [1.165, 1.54) is 11.6 Å². The van der Waals surface area contributed by atoms with E-state index in [2.05, 4.69) is 34.9 Å². The first-order valence-electron chi connectivity index (χ1n) is 19.0. The molecule has 0 aliphatic rings. The summed E-state index contributed by atoms with van der Waals surface area (Å²) in [6, 6.07) is 27.4. The third kappa shape index (κ3) is 7.76. The molecular weight excluding hydrogens is 976 g/mol. The summed E-state index contributed by atoms with van der Waals surface area (Å²) < 4.78 is 311. The highest BCUT2D eigenvalue weighted by molar-refractivity contribution is 7.20. The first-order chi connectivity index (χ1) is 32.5. The van der Waals surface area contributed by atoms with Crippen molar-refractivity contribution in [3.05, 3.63) is 219 Å². The standard InChI is InChI=1S/C24BF20.C22H17FN/c26-5-1(6(27)14(35)21(42)13(5)34)25(2-7(28)15(36)22(43)16(37)8(2)29,3-9(30)17(38)23(44)18(39)10(3)31)4-11(32)19(40)24(45)20(41)12(4)33;23-21-13-7-6-12-20(21)22-19-11-5-4-10-18(19)14-15-24(22)16-17-8-2-1-3-9-17/h;1-15H,16H2/q-1;+1. The molecule has 1 nitrogen and oxygen atoms in total. The predicted octanol–water partition coefficient (Wildman–Crippen LogP) is 10.8. The minimum Gasteiger partial charge on any atom is -0.207 e. The molecule has 8 rings (SSSR count). The molecule has 23 heteroatoms. The molecule has 0 unspecified atom stereocenters. The monoisotopic (exact) mass is 993 g/mol. The quantitative estimate of drug-likeness (QED) is 0.0493. The van der Waals surface area contributed by atoms with Crippen LogP contribution in [0.2, 0.25) is 0 Å². The molecule has 1 heterocycles. The first-order valence-corrected chi connectivity index (χ1v) is 19.0. The van der Waals surface area contributed by atoms with Gasteiger partial charge in [0, 0.05) is 11.6 Å². The van der Waals surface area contributed by atoms with Crippen LogP contribution in [0.25, 0.3) is 22.0 Å². The van der Waals surface area contributed by atoms with E-state index >= 15 is 35.1 Å². The van der Waals surface area contributed by atoms with Gasteiger partial charge in [-0.15, -0.1) is 21.9 Å². The summed E-state index contributed by atoms with van der Waals surface area (Å²) in [6.45, 7) is 0.704. The third-order valence-electron chi connectivity index (χ3n) is 11.0. The Hall–Kier alpha value is -7.46. The van der Waals surface area contributed by atoms with E-state index in [1.807, 2.05) is 48.7 Å². The van der Waals surface area contributed by atoms with Crippen LogP contribution in [0.4, 0.5) is 92.2 Å². The van der Waals surface area contributed by atoms with Crippen LogP contribution in [0.1, 0.15) is 5.56 Å². The highest BCUT2D eigenvalue weighted by Gasteiger charge is 2.52. The fourth-order valence-corrected chi connectivity index (χ4v) is 8.00. The van der Waals surface area contributed by atoms with Crippen molar-refractivity contribution in [2.24, 2.45) is 0 Å². The van der Waals surface area contributed by atoms with Gasteiger partial charge in [0.1, 0.15) is 58.5 Å². The minimum atomic E-state index is -7.22. The van der Waals surface area contributed by atoms with E-state index in [9.17, 15) is 57.1 Å². The third-order valence-corrected chi connectivity index (χ3v) is 11.0. The molecule has 8 aromatic rings. The first kappa shape index (κ1) is 49.4. The van der Waals surface area contributed by atoms with E-state index in [1.54, 1.807) is 6.07 Å². The van der Waals surface area contributed by atoms with Crippen LogP contribution in [0, 0.1) is 122 Å². The van der Waals surface area contributed by atoms with E-state index in [0.717, 1.165) is 16.5 Å². The number of nitrogens with zero attached hydrogens (tertiary/aromatic N) is 1. The Morgan fingerprint density at radius 1 is 0.304 bits per heavy atom. The molecular formula is C46H17BF21N. The molecule has 0 atom stereocenters. The van der Waals surface area contributed by atoms with Crippen LogP contribution >= 0.6 is 0 Å². The van der Waals surface area contributed by atoms with Crippen LogP contribution in [0.3, 0.4) is 0 Å². The molecule has 0 saturated carbocycles. The Morgan fingerprint density at radius 3 is 0.971 bits per heavy atom. The lowest BCUT2D eigenvalue weighted by molar-refractivity contribution is -0.676. The smallest absolute Gasteiger partial charge is 0.207 e. The summed E-state index contributed by atoms with van der Waals surface area (Å²) in [5, 5.41) is 2.17. The van der Waals surface area contributed by atoms with Crippen LogP contribution < -0.4 is 26.4 Å². The number of rotatable bonds is 7. The molecule has 1 aromatic heterocycles. The molecule has 7 aromatic carbocycles. The second kappa shape index (κ2) is 18.6. The van der Waals surface area contributed by atoms with Crippen LogP contribution in [-0.4, -0.2) is 6.15 Å². The molecule has 0 aliphatic heterocycles. The zero-order valence-electron chi connectivity index (χ0n) is 33.3. The molecule has 356 valence electrons. The van der Waals surface area contributed by atoms with Crippen molar-refractivity contribution in [1.29, 1.82) is 0 Å². The van der Waals surface area contributed by atoms with E-state index in [4.69, 9.17) is 0 Å². The SMILES string of the molecule is Fc1c(F)c(F)c([B-](c2c(F)c(F)c(F)c(F)c2F)(c2c(F)c(F)c(F)c(F)c2F)c2c(F)c(F)c(F)c(F)c2F)c(F)c1F.Fc1ccccc1-c1c2ccccc2cc[n+]1Cc1ccccc1. The lowest BCUT2D eigenvalue weighted by Crippen LogP contribution is -2.81. The lowest BCUT2D eigenvalue weighted by Gasteiger charge is -2.44. The topological polar surface area (TPSA) is 3.88 Å². The summed E-state index contributed by atoms with van der Waals surface area (Å²) in [5.41, 5.74) is -11.6. The average Bonchev–Trinajstić information content (AvgIpc) is 3.34. The summed E-state index contributed by atoms with van der Waals surface area (Å²) in [6.07, 6.45) is -5.18. The molecule has 0 spiro atoms. The Morgan fingerprint density at radius 2 is 0.609 bits per heavy atom. The number of fused-ring (bicyclic) bond motifs is 1. The highest BCUT2D eigenvalue weighted by Crippen LogP contribution is 2.32. The van der Waals surface area contributed by atoms with Gasteiger partial charge in [0.05, 0.1) is 10.9 Å². The van der Waals surface area contributed by atoms with Gasteiger partial charge < -0.3 is 0 Å². The minimum absolute atomic E-state index is 0.198. The van der Waals surface area contributed by atoms with Crippen LogP contribution in [0.15, 0.2) is 91.1 Å². The number of benzene rings is 7. The zero-order valence-corrected chi connectivity index (χ0v) is 33.3. The van der Waals surface area contributed by atoms with Crippen molar-refractivity contribution < 1.29 is 96.8 Å². The Bertz CT molecular complexity index is 3000. The molecule has 0 N–H and O–H groups in total. The van der Waals surface area contributed by atoms with Crippen LogP contribution in [0.5, 0.6) is 0 Å². The molecule has 0 radical (unpaired) electrons. The van der Waals surface area contributed by atoms with Gasteiger partial charge in [-0.25, -0.2) is 92.2 Å². The highest BCUT2D eigenvalue weighted by atomic mass is 19.2. The fraction of sp³-hybridized carbons (Fsp3) is 0.0217. The van der Waals surface area contributed by atoms with Gasteiger partial charge in [-0.05, 0) is 23.6 Å². The van der Waals surface area contributed by atoms with Gasteiger partial charge in [0.2, 0.25) is 5.69 Å². The second-order valence-electron chi connectivity index (χ2n) is 14.6. The van der Waals surface area contributed by atoms with Gasteiger partial charge in [-0.2, -0.15) is 4.57 Å². The molecule has 69 heavy (non-hydrogen) atoms. The van der Waals surface area contributed by atoms with Crippen molar-refractivity contribution >= 4 is 38.8 Å². The van der Waals surface area contributed by atoms with Crippen molar-refractivity contribution in [1.82, 2.24) is 0 Å². The zero-order chi connectivity index (χ0) is 50.7. The second-order valence-corrected chi connectivity index (χ2v) is 14.6. The van der Waals surface area contributed by atoms with E-state index < -0.39 is 144 Å². The molecule has 0 fully saturated rings. The molecule has 0 aliphatic carbocycles. The summed E-state index contributed by atoms with van der Waals surface area (Å²) in [5.74, 6) is -71.6. The fourth-order valence-electron chi connectivity index (χ4n) is 8.00. The molecule has 0 amide bonds. The largest absolute Gasteiger partial charge is 0.223 e. The normalized spacial score (nSPS) is 11.6. The number of hydrogen-bond acceptors (Lipinski definition) is 0. The number of halogens is 21. The molecule has 0 bridgehead atoms. The number of aromatic nitrogens is 1. The van der Waals surface area contributed by atoms with Crippen molar-refractivity contribution in [3.63, 3.8) is 0 Å². The van der Waals surface area contributed by atoms with Gasteiger partial charge in [0.15, 0.2) is 82.5 Å². The maximum Gasteiger partial charge on any atom is 0.223 e. The van der Waals surface area contributed by atoms with Gasteiger partial charge >= 0.3 is 0 Å². The summed E-state index contributed by atoms with van der Waals surface area (Å²) in [4.78, 5) is 0. The Labute approximate surface area is 371 Å².